The second-order valence-electron chi connectivity index (χ2n) is 12.2. The van der Waals surface area contributed by atoms with Gasteiger partial charge in [-0.15, -0.1) is 0 Å². The molecule has 2 aromatic rings. The van der Waals surface area contributed by atoms with Crippen LogP contribution in [-0.2, 0) is 13.0 Å². The summed E-state index contributed by atoms with van der Waals surface area (Å²) >= 11 is 0. The zero-order valence-electron chi connectivity index (χ0n) is 22.7. The van der Waals surface area contributed by atoms with E-state index in [1.807, 2.05) is 10.9 Å². The number of hydrogen-bond acceptors (Lipinski definition) is 4. The molecule has 0 N–H and O–H groups in total. The number of nitrogens with zero attached hydrogens (tertiary/aromatic N) is 4. The Kier molecular flexibility index (Phi) is 7.29. The monoisotopic (exact) mass is 504 g/mol. The summed E-state index contributed by atoms with van der Waals surface area (Å²) in [5.41, 5.74) is 3.57. The van der Waals surface area contributed by atoms with Crippen molar-refractivity contribution in [3.8, 4) is 5.75 Å². The van der Waals surface area contributed by atoms with Crippen LogP contribution in [0.25, 0.3) is 0 Å². The van der Waals surface area contributed by atoms with Crippen molar-refractivity contribution in [1.82, 2.24) is 19.6 Å². The van der Waals surface area contributed by atoms with Gasteiger partial charge < -0.3 is 9.64 Å². The van der Waals surface area contributed by atoms with Crippen LogP contribution < -0.4 is 4.74 Å². The van der Waals surface area contributed by atoms with E-state index in [4.69, 9.17) is 9.84 Å². The largest absolute Gasteiger partial charge is 0.492 e. The van der Waals surface area contributed by atoms with Gasteiger partial charge in [0.2, 0.25) is 0 Å². The number of rotatable bonds is 5. The molecule has 2 aliphatic heterocycles. The Labute approximate surface area is 222 Å². The van der Waals surface area contributed by atoms with E-state index in [1.54, 1.807) is 0 Å². The van der Waals surface area contributed by atoms with Crippen molar-refractivity contribution >= 4 is 5.91 Å². The van der Waals surface area contributed by atoms with E-state index in [0.717, 1.165) is 81.5 Å². The maximum atomic E-state index is 13.6. The summed E-state index contributed by atoms with van der Waals surface area (Å²) in [5.74, 6) is 2.66. The van der Waals surface area contributed by atoms with Gasteiger partial charge in [-0.3, -0.25) is 14.4 Å². The van der Waals surface area contributed by atoms with Crippen molar-refractivity contribution in [2.75, 3.05) is 39.3 Å². The Morgan fingerprint density at radius 2 is 1.86 bits per heavy atom. The van der Waals surface area contributed by atoms with Crippen LogP contribution in [-0.4, -0.2) is 64.8 Å². The Morgan fingerprint density at radius 3 is 2.62 bits per heavy atom. The average molecular weight is 505 g/mol. The Balaban J connectivity index is 1.15. The maximum absolute atomic E-state index is 13.6. The molecule has 4 aliphatic rings. The second-order valence-corrected chi connectivity index (χ2v) is 12.2. The molecule has 2 aliphatic carbocycles. The zero-order valence-corrected chi connectivity index (χ0v) is 22.7. The highest BCUT2D eigenvalue weighted by molar-refractivity contribution is 5.95. The molecule has 0 radical (unpaired) electrons. The second kappa shape index (κ2) is 10.8. The van der Waals surface area contributed by atoms with Crippen molar-refractivity contribution < 1.29 is 9.53 Å². The molecule has 2 saturated carbocycles. The maximum Gasteiger partial charge on any atom is 0.257 e. The van der Waals surface area contributed by atoms with Gasteiger partial charge >= 0.3 is 0 Å². The molecule has 0 unspecified atom stereocenters. The first-order valence-corrected chi connectivity index (χ1v) is 14.9. The Morgan fingerprint density at radius 1 is 1.05 bits per heavy atom. The molecule has 1 aromatic carbocycles. The third-order valence-electron chi connectivity index (χ3n) is 9.23. The summed E-state index contributed by atoms with van der Waals surface area (Å²) in [5, 5.41) is 4.76. The highest BCUT2D eigenvalue weighted by Gasteiger charge is 2.40. The predicted octanol–water partition coefficient (Wildman–Crippen LogP) is 5.52. The molecule has 3 fully saturated rings. The SMILES string of the molecule is CCn1cc(C(=O)N2CCC3(CCCCc4ccccc4OCCN(CC4CC4)C3)CC2)c(C2CC2)n1. The molecule has 1 aromatic heterocycles. The van der Waals surface area contributed by atoms with Crippen LogP contribution in [0.5, 0.6) is 5.75 Å². The number of ether oxygens (including phenoxy) is 1. The van der Waals surface area contributed by atoms with E-state index in [2.05, 4.69) is 41.0 Å². The minimum atomic E-state index is 0.212. The van der Waals surface area contributed by atoms with E-state index in [-0.39, 0.29) is 5.91 Å². The molecule has 6 heteroatoms. The minimum absolute atomic E-state index is 0.212. The molecule has 6 rings (SSSR count). The third kappa shape index (κ3) is 5.89. The molecular weight excluding hydrogens is 460 g/mol. The first-order chi connectivity index (χ1) is 18.1. The number of carbonyl (C=O) groups is 1. The lowest BCUT2D eigenvalue weighted by molar-refractivity contribution is 0.0367. The van der Waals surface area contributed by atoms with Gasteiger partial charge in [-0.05, 0) is 87.7 Å². The van der Waals surface area contributed by atoms with Gasteiger partial charge in [0, 0.05) is 51.4 Å². The fraction of sp³-hybridized carbons (Fsp3) is 0.677. The lowest BCUT2D eigenvalue weighted by atomic mass is 9.73. The van der Waals surface area contributed by atoms with Crippen LogP contribution in [0.2, 0.25) is 0 Å². The normalized spacial score (nSPS) is 23.1. The van der Waals surface area contributed by atoms with E-state index in [9.17, 15) is 4.79 Å². The van der Waals surface area contributed by atoms with Crippen molar-refractivity contribution in [3.63, 3.8) is 0 Å². The fourth-order valence-electron chi connectivity index (χ4n) is 6.59. The summed E-state index contributed by atoms with van der Waals surface area (Å²) in [7, 11) is 0. The van der Waals surface area contributed by atoms with Crippen LogP contribution in [0.15, 0.2) is 30.5 Å². The Bertz CT molecular complexity index is 1080. The molecule has 1 saturated heterocycles. The zero-order chi connectivity index (χ0) is 25.2. The summed E-state index contributed by atoms with van der Waals surface area (Å²) in [6.45, 7) is 8.78. The molecule has 200 valence electrons. The fourth-order valence-corrected chi connectivity index (χ4v) is 6.59. The van der Waals surface area contributed by atoms with Gasteiger partial charge in [-0.1, -0.05) is 24.6 Å². The molecule has 37 heavy (non-hydrogen) atoms. The minimum Gasteiger partial charge on any atom is -0.492 e. The molecule has 6 nitrogen and oxygen atoms in total. The number of hydrogen-bond donors (Lipinski definition) is 0. The van der Waals surface area contributed by atoms with E-state index >= 15 is 0 Å². The quantitative estimate of drug-likeness (QED) is 0.538. The third-order valence-corrected chi connectivity index (χ3v) is 9.23. The first kappa shape index (κ1) is 25.0. The summed E-state index contributed by atoms with van der Waals surface area (Å²) in [6, 6.07) is 8.61. The highest BCUT2D eigenvalue weighted by Crippen LogP contribution is 2.43. The number of benzene rings is 1. The number of piperidine rings is 1. The average Bonchev–Trinajstić information content (AvgIpc) is 3.86. The van der Waals surface area contributed by atoms with Gasteiger partial charge in [-0.2, -0.15) is 5.10 Å². The van der Waals surface area contributed by atoms with Crippen molar-refractivity contribution in [3.05, 3.63) is 47.3 Å². The number of aromatic nitrogens is 2. The van der Waals surface area contributed by atoms with Gasteiger partial charge in [0.25, 0.3) is 5.91 Å². The van der Waals surface area contributed by atoms with Crippen molar-refractivity contribution in [2.45, 2.75) is 83.6 Å². The summed E-state index contributed by atoms with van der Waals surface area (Å²) < 4.78 is 8.26. The molecular formula is C31H44N4O2. The number of para-hydroxylation sites is 1. The smallest absolute Gasteiger partial charge is 0.257 e. The number of amides is 1. The first-order valence-electron chi connectivity index (χ1n) is 14.9. The van der Waals surface area contributed by atoms with Crippen LogP contribution in [0.4, 0.5) is 0 Å². The summed E-state index contributed by atoms with van der Waals surface area (Å²) in [6.07, 6.45) is 14.1. The van der Waals surface area contributed by atoms with Gasteiger partial charge in [0.15, 0.2) is 0 Å². The number of fused-ring (bicyclic) bond motifs is 1. The van der Waals surface area contributed by atoms with Crippen LogP contribution in [0, 0.1) is 11.3 Å². The van der Waals surface area contributed by atoms with Crippen molar-refractivity contribution in [1.29, 1.82) is 0 Å². The topological polar surface area (TPSA) is 50.6 Å². The standard InChI is InChI=1S/C31H44N4O2/c1-2-35-22-27(29(32-35)26-12-13-26)30(36)34-17-15-31(16-18-34)14-6-5-8-25-7-3-4-9-28(25)37-20-19-33(23-31)21-24-10-11-24/h3-4,7,9,22,24,26H,2,5-6,8,10-21,23H2,1H3. The highest BCUT2D eigenvalue weighted by atomic mass is 16.5. The summed E-state index contributed by atoms with van der Waals surface area (Å²) in [4.78, 5) is 18.5. The lowest BCUT2D eigenvalue weighted by Crippen LogP contribution is -2.49. The predicted molar refractivity (Wildman–Crippen MR) is 146 cm³/mol. The number of likely N-dealkylation sites (tertiary alicyclic amines) is 1. The van der Waals surface area contributed by atoms with Crippen molar-refractivity contribution in [2.24, 2.45) is 11.3 Å². The van der Waals surface area contributed by atoms with E-state index in [1.165, 1.54) is 57.1 Å². The van der Waals surface area contributed by atoms with E-state index < -0.39 is 0 Å². The molecule has 1 spiro atoms. The van der Waals surface area contributed by atoms with Gasteiger partial charge in [0.05, 0.1) is 11.3 Å². The lowest BCUT2D eigenvalue weighted by Gasteiger charge is -2.45. The molecule has 0 bridgehead atoms. The van der Waals surface area contributed by atoms with Crippen LogP contribution in [0.1, 0.15) is 92.2 Å². The molecule has 3 heterocycles. The van der Waals surface area contributed by atoms with Crippen LogP contribution in [0.3, 0.4) is 0 Å². The van der Waals surface area contributed by atoms with E-state index in [0.29, 0.717) is 11.3 Å². The number of aryl methyl sites for hydroxylation is 2. The Hall–Kier alpha value is -2.34. The van der Waals surface area contributed by atoms with Gasteiger partial charge in [-0.25, -0.2) is 0 Å². The molecule has 1 amide bonds. The molecule has 0 atom stereocenters. The van der Waals surface area contributed by atoms with Gasteiger partial charge in [0.1, 0.15) is 12.4 Å². The van der Waals surface area contributed by atoms with Crippen LogP contribution >= 0.6 is 0 Å². The number of carbonyl (C=O) groups excluding carboxylic acids is 1.